The molecular formula is C39H30BN5O. The van der Waals surface area contributed by atoms with Crippen LogP contribution in [0.25, 0.3) is 27.8 Å². The van der Waals surface area contributed by atoms with E-state index in [1.165, 1.54) is 27.8 Å². The molecule has 0 spiro atoms. The van der Waals surface area contributed by atoms with E-state index in [1.54, 1.807) is 0 Å². The van der Waals surface area contributed by atoms with Gasteiger partial charge in [0.05, 0.1) is 35.1 Å². The summed E-state index contributed by atoms with van der Waals surface area (Å²) in [4.78, 5) is 9.83. The van der Waals surface area contributed by atoms with Crippen molar-refractivity contribution in [2.45, 2.75) is 13.8 Å². The molecule has 46 heavy (non-hydrogen) atoms. The summed E-state index contributed by atoms with van der Waals surface area (Å²) in [5.41, 5.74) is 12.7. The first-order chi connectivity index (χ1) is 22.6. The lowest BCUT2D eigenvalue weighted by Crippen LogP contribution is -2.56. The standard InChI is InChI=1S/C39H30BN5O/c1-26-11-8-12-27(2)38(26)44-36-21-20-30(46-29-14-9-13-28(23-29)43-25-42(3)34-18-6-7-19-35(34)43)24-37(36)45-39-32(16-10-22-41-39)31-15-4-5-17-33(31)40(44)45/h4-24H,1-3H3. The normalized spacial score (nSPS) is 13.0. The van der Waals surface area contributed by atoms with Gasteiger partial charge in [0, 0.05) is 23.5 Å². The maximum atomic E-state index is 6.61. The zero-order valence-corrected chi connectivity index (χ0v) is 25.8. The van der Waals surface area contributed by atoms with Crippen LogP contribution in [-0.4, -0.2) is 16.5 Å². The molecule has 2 aliphatic rings. The Balaban J connectivity index is 1.18. The highest BCUT2D eigenvalue weighted by Crippen LogP contribution is 2.52. The Bertz CT molecular complexity index is 2310. The van der Waals surface area contributed by atoms with Gasteiger partial charge in [-0.15, -0.1) is 0 Å². The van der Waals surface area contributed by atoms with Crippen LogP contribution in [0.15, 0.2) is 128 Å². The summed E-state index contributed by atoms with van der Waals surface area (Å²) in [5, 5.41) is 0. The van der Waals surface area contributed by atoms with Gasteiger partial charge in [0.25, 0.3) is 0 Å². The minimum atomic E-state index is -0.0923. The smallest absolute Gasteiger partial charge is 0.422 e. The maximum absolute atomic E-state index is 6.61. The summed E-state index contributed by atoms with van der Waals surface area (Å²) < 4.78 is 10.7. The first-order valence-corrected chi connectivity index (χ1v) is 15.6. The van der Waals surface area contributed by atoms with Crippen molar-refractivity contribution in [1.29, 1.82) is 0 Å². The van der Waals surface area contributed by atoms with Gasteiger partial charge in [-0.05, 0) is 72.4 Å². The second-order valence-electron chi connectivity index (χ2n) is 12.0. The highest BCUT2D eigenvalue weighted by molar-refractivity contribution is 6.86. The van der Waals surface area contributed by atoms with E-state index in [0.29, 0.717) is 0 Å². The average Bonchev–Trinajstić information content (AvgIpc) is 3.60. The van der Waals surface area contributed by atoms with Crippen molar-refractivity contribution in [1.82, 2.24) is 9.55 Å². The molecule has 220 valence electrons. The lowest BCUT2D eigenvalue weighted by Gasteiger charge is -2.36. The molecule has 5 aromatic carbocycles. The van der Waals surface area contributed by atoms with Gasteiger partial charge in [-0.3, -0.25) is 0 Å². The van der Waals surface area contributed by atoms with Gasteiger partial charge in [0.15, 0.2) is 0 Å². The largest absolute Gasteiger partial charge is 0.458 e. The van der Waals surface area contributed by atoms with Gasteiger partial charge < -0.3 is 23.5 Å². The molecule has 0 unspecified atom stereocenters. The first kappa shape index (κ1) is 26.6. The molecule has 0 bridgehead atoms. The van der Waals surface area contributed by atoms with E-state index < -0.39 is 0 Å². The molecule has 0 atom stereocenters. The number of hydrogen-bond donors (Lipinski definition) is 0. The first-order valence-electron chi connectivity index (χ1n) is 15.6. The van der Waals surface area contributed by atoms with Crippen LogP contribution >= 0.6 is 0 Å². The summed E-state index contributed by atoms with van der Waals surface area (Å²) >= 11 is 0. The Morgan fingerprint density at radius 3 is 2.35 bits per heavy atom. The third-order valence-corrected chi connectivity index (χ3v) is 9.22. The van der Waals surface area contributed by atoms with Crippen molar-refractivity contribution in [2.75, 3.05) is 9.62 Å². The summed E-state index contributed by atoms with van der Waals surface area (Å²) in [6, 6.07) is 42.4. The number of benzene rings is 5. The highest BCUT2D eigenvalue weighted by Gasteiger charge is 2.49. The van der Waals surface area contributed by atoms with Crippen molar-refractivity contribution in [3.8, 4) is 28.3 Å². The predicted octanol–water partition coefficient (Wildman–Crippen LogP) is 7.72. The molecule has 0 N–H and O–H groups in total. The number of rotatable bonds is 4. The van der Waals surface area contributed by atoms with E-state index in [-0.39, 0.29) is 6.98 Å². The Kier molecular flexibility index (Phi) is 5.84. The molecule has 2 aromatic heterocycles. The van der Waals surface area contributed by atoms with Crippen molar-refractivity contribution in [3.63, 3.8) is 0 Å². The monoisotopic (exact) mass is 595 g/mol. The second kappa shape index (κ2) is 10.1. The molecule has 4 heterocycles. The second-order valence-corrected chi connectivity index (χ2v) is 12.0. The van der Waals surface area contributed by atoms with E-state index in [4.69, 9.17) is 9.72 Å². The van der Waals surface area contributed by atoms with Crippen molar-refractivity contribution < 1.29 is 9.30 Å². The number of aromatic nitrogens is 3. The van der Waals surface area contributed by atoms with E-state index in [0.717, 1.165) is 51.0 Å². The van der Waals surface area contributed by atoms with E-state index >= 15 is 0 Å². The summed E-state index contributed by atoms with van der Waals surface area (Å²) in [6.07, 6.45) is 5.32. The lowest BCUT2D eigenvalue weighted by atomic mass is 9.59. The van der Waals surface area contributed by atoms with Crippen LogP contribution in [-0.2, 0) is 7.05 Å². The minimum absolute atomic E-state index is 0.0923. The molecule has 0 amide bonds. The third kappa shape index (κ3) is 3.91. The number of fused-ring (bicyclic) bond motifs is 9. The number of imidazole rings is 1. The fourth-order valence-corrected chi connectivity index (χ4v) is 7.26. The molecular weight excluding hydrogens is 565 g/mol. The number of ether oxygens (including phenoxy) is 1. The molecule has 0 saturated heterocycles. The van der Waals surface area contributed by atoms with Crippen molar-refractivity contribution in [3.05, 3.63) is 145 Å². The van der Waals surface area contributed by atoms with Crippen LogP contribution in [0.5, 0.6) is 11.5 Å². The average molecular weight is 596 g/mol. The number of aryl methyl sites for hydroxylation is 3. The Morgan fingerprint density at radius 2 is 1.46 bits per heavy atom. The van der Waals surface area contributed by atoms with Crippen LogP contribution < -0.4 is 24.4 Å². The molecule has 0 fully saturated rings. The number of para-hydroxylation sites is 3. The van der Waals surface area contributed by atoms with Crippen LogP contribution in [0.4, 0.5) is 22.9 Å². The number of pyridine rings is 1. The molecule has 2 aliphatic heterocycles. The molecule has 9 rings (SSSR count). The van der Waals surface area contributed by atoms with Crippen molar-refractivity contribution in [2.24, 2.45) is 7.05 Å². The Hall–Kier alpha value is -5.82. The van der Waals surface area contributed by atoms with Crippen LogP contribution in [0.3, 0.4) is 0 Å². The zero-order chi connectivity index (χ0) is 30.9. The van der Waals surface area contributed by atoms with E-state index in [9.17, 15) is 0 Å². The molecule has 0 saturated carbocycles. The summed E-state index contributed by atoms with van der Waals surface area (Å²) in [7, 11) is 2.02. The minimum Gasteiger partial charge on any atom is -0.458 e. The number of hydrogen-bond acceptors (Lipinski definition) is 4. The molecule has 0 aliphatic carbocycles. The fourth-order valence-electron chi connectivity index (χ4n) is 7.26. The topological polar surface area (TPSA) is 37.4 Å². The van der Waals surface area contributed by atoms with Gasteiger partial charge in [-0.25, -0.2) is 4.98 Å². The van der Waals surface area contributed by atoms with Gasteiger partial charge >= 0.3 is 6.98 Å². The molecule has 0 radical (unpaired) electrons. The molecule has 7 aromatic rings. The maximum Gasteiger partial charge on any atom is 0.422 e. The third-order valence-electron chi connectivity index (χ3n) is 9.22. The van der Waals surface area contributed by atoms with Gasteiger partial charge in [-0.1, -0.05) is 78.9 Å². The van der Waals surface area contributed by atoms with Gasteiger partial charge in [0.1, 0.15) is 17.3 Å². The fraction of sp³-hybridized carbons (Fsp3) is 0.0769. The summed E-state index contributed by atoms with van der Waals surface area (Å²) in [5.74, 6) is 2.47. The predicted molar refractivity (Wildman–Crippen MR) is 185 cm³/mol. The lowest BCUT2D eigenvalue weighted by molar-refractivity contribution is -0.649. The van der Waals surface area contributed by atoms with Gasteiger partial charge in [-0.2, -0.15) is 0 Å². The van der Waals surface area contributed by atoms with E-state index in [2.05, 4.69) is 137 Å². The number of anilines is 4. The van der Waals surface area contributed by atoms with Gasteiger partial charge in [0.2, 0.25) is 6.33 Å². The Morgan fingerprint density at radius 1 is 0.696 bits per heavy atom. The number of nitrogens with zero attached hydrogens (tertiary/aromatic N) is 5. The van der Waals surface area contributed by atoms with Crippen LogP contribution in [0, 0.1) is 20.2 Å². The molecule has 6 nitrogen and oxygen atoms in total. The van der Waals surface area contributed by atoms with Crippen molar-refractivity contribution >= 4 is 46.4 Å². The quantitative estimate of drug-likeness (QED) is 0.119. The molecule has 7 heteroatoms. The summed E-state index contributed by atoms with van der Waals surface area (Å²) in [6.45, 7) is 4.30. The van der Waals surface area contributed by atoms with Crippen LogP contribution in [0.1, 0.15) is 11.1 Å². The van der Waals surface area contributed by atoms with Crippen LogP contribution in [0.2, 0.25) is 0 Å². The Labute approximate surface area is 268 Å². The SMILES string of the molecule is Cc1cccc(C)c1N1B2c3ccccc3-c3cccnc3N2c2cc(Oc3cccc(-n4[c-][n+](C)c5ccccc54)c3)ccc21. The zero-order valence-electron chi connectivity index (χ0n) is 25.8. The highest BCUT2D eigenvalue weighted by atomic mass is 16.5. The van der Waals surface area contributed by atoms with E-state index in [1.807, 2.05) is 36.0 Å².